The van der Waals surface area contributed by atoms with Gasteiger partial charge in [-0.1, -0.05) is 25.0 Å². The summed E-state index contributed by atoms with van der Waals surface area (Å²) in [5, 5.41) is 2.65. The number of imide groups is 1. The molecule has 0 aromatic heterocycles. The lowest BCUT2D eigenvalue weighted by Gasteiger charge is -2.19. The molecule has 156 valence electrons. The third-order valence-electron chi connectivity index (χ3n) is 5.51. The van der Waals surface area contributed by atoms with E-state index in [1.165, 1.54) is 18.9 Å². The number of nitrogens with one attached hydrogen (secondary N) is 1. The van der Waals surface area contributed by atoms with E-state index in [0.717, 1.165) is 25.7 Å². The lowest BCUT2D eigenvalue weighted by atomic mass is 9.81. The Labute approximate surface area is 169 Å². The van der Waals surface area contributed by atoms with E-state index in [1.54, 1.807) is 24.3 Å². The molecule has 29 heavy (non-hydrogen) atoms. The number of carbonyl (C=O) groups is 4. The van der Waals surface area contributed by atoms with Crippen LogP contribution in [0.3, 0.4) is 0 Å². The molecule has 1 aromatic carbocycles. The average molecular weight is 402 g/mol. The van der Waals surface area contributed by atoms with Crippen molar-refractivity contribution in [2.75, 3.05) is 19.0 Å². The van der Waals surface area contributed by atoms with E-state index in [0.29, 0.717) is 11.4 Å². The van der Waals surface area contributed by atoms with Gasteiger partial charge in [-0.2, -0.15) is 0 Å². The van der Waals surface area contributed by atoms with Crippen molar-refractivity contribution in [3.8, 4) is 5.75 Å². The molecule has 2 aliphatic rings. The summed E-state index contributed by atoms with van der Waals surface area (Å²) in [7, 11) is 1.49. The quantitative estimate of drug-likeness (QED) is 0.554. The Morgan fingerprint density at radius 3 is 2.38 bits per heavy atom. The smallest absolute Gasteiger partial charge is 0.308 e. The Balaban J connectivity index is 1.49. The monoisotopic (exact) mass is 402 g/mol. The molecule has 2 fully saturated rings. The Morgan fingerprint density at radius 1 is 1.14 bits per heavy atom. The minimum atomic E-state index is -1.03. The molecule has 1 aliphatic carbocycles. The lowest BCUT2D eigenvalue weighted by Crippen LogP contribution is -2.35. The zero-order valence-electron chi connectivity index (χ0n) is 16.7. The van der Waals surface area contributed by atoms with E-state index in [-0.39, 0.29) is 36.6 Å². The van der Waals surface area contributed by atoms with Gasteiger partial charge in [-0.25, -0.2) is 0 Å². The van der Waals surface area contributed by atoms with E-state index >= 15 is 0 Å². The fourth-order valence-electron chi connectivity index (χ4n) is 3.95. The molecule has 3 atom stereocenters. The van der Waals surface area contributed by atoms with E-state index in [9.17, 15) is 19.2 Å². The van der Waals surface area contributed by atoms with Crippen molar-refractivity contribution in [2.24, 2.45) is 11.8 Å². The molecule has 1 aromatic rings. The average Bonchev–Trinajstić information content (AvgIpc) is 2.97. The van der Waals surface area contributed by atoms with Gasteiger partial charge in [-0.05, 0) is 31.9 Å². The van der Waals surface area contributed by atoms with Gasteiger partial charge >= 0.3 is 5.97 Å². The number of benzene rings is 1. The number of anilines is 1. The van der Waals surface area contributed by atoms with Crippen LogP contribution in [0.4, 0.5) is 5.69 Å². The predicted octanol–water partition coefficient (Wildman–Crippen LogP) is 2.13. The zero-order valence-corrected chi connectivity index (χ0v) is 16.7. The number of likely N-dealkylation sites (tertiary alicyclic amines) is 1. The molecule has 1 heterocycles. The molecule has 3 amide bonds. The Hall–Kier alpha value is -2.90. The van der Waals surface area contributed by atoms with Crippen LogP contribution in [0.5, 0.6) is 5.75 Å². The fraction of sp³-hybridized carbons (Fsp3) is 0.524. The maximum absolute atomic E-state index is 12.4. The summed E-state index contributed by atoms with van der Waals surface area (Å²) in [5.74, 6) is -1.49. The maximum Gasteiger partial charge on any atom is 0.308 e. The van der Waals surface area contributed by atoms with Crippen molar-refractivity contribution in [1.29, 1.82) is 0 Å². The number of hydrogen-bond donors (Lipinski definition) is 1. The molecule has 0 unspecified atom stereocenters. The van der Waals surface area contributed by atoms with Crippen molar-refractivity contribution < 1.29 is 28.7 Å². The molecule has 1 N–H and O–H groups in total. The number of hydrogen-bond acceptors (Lipinski definition) is 6. The minimum absolute atomic E-state index is 0.00958. The molecule has 0 bridgehead atoms. The van der Waals surface area contributed by atoms with Crippen LogP contribution in [0.1, 0.15) is 39.0 Å². The summed E-state index contributed by atoms with van der Waals surface area (Å²) in [6.45, 7) is 1.45. The normalized spacial score (nSPS) is 22.1. The number of esters is 1. The third-order valence-corrected chi connectivity index (χ3v) is 5.51. The van der Waals surface area contributed by atoms with Gasteiger partial charge in [0.25, 0.3) is 5.91 Å². The van der Waals surface area contributed by atoms with Crippen LogP contribution in [0.2, 0.25) is 0 Å². The van der Waals surface area contributed by atoms with Gasteiger partial charge < -0.3 is 14.8 Å². The van der Waals surface area contributed by atoms with E-state index < -0.39 is 18.0 Å². The van der Waals surface area contributed by atoms with E-state index in [2.05, 4.69) is 5.32 Å². The molecular weight excluding hydrogens is 376 g/mol. The first-order valence-corrected chi connectivity index (χ1v) is 9.91. The largest absolute Gasteiger partial charge is 0.495 e. The second kappa shape index (κ2) is 9.07. The summed E-state index contributed by atoms with van der Waals surface area (Å²) in [5.41, 5.74) is 0.471. The Kier molecular flexibility index (Phi) is 6.51. The number of amides is 3. The SMILES string of the molecule is COc1ccccc1NC(=O)[C@H](C)OC(=O)CCN1C(=O)[C@@H]2CCCC[C@H]2C1=O. The van der Waals surface area contributed by atoms with Gasteiger partial charge in [-0.3, -0.25) is 24.1 Å². The lowest BCUT2D eigenvalue weighted by molar-refractivity contribution is -0.154. The Bertz CT molecular complexity index is 784. The standard InChI is InChI=1S/C21H26N2O6/c1-13(19(25)22-16-9-5-6-10-17(16)28-2)29-18(24)11-12-23-20(26)14-7-3-4-8-15(14)21(23)27/h5-6,9-10,13-15H,3-4,7-8,11-12H2,1-2H3,(H,22,25)/t13-,14+,15+/m0/s1. The summed E-state index contributed by atoms with van der Waals surface area (Å²) in [6.07, 6.45) is 2.21. The molecule has 8 heteroatoms. The second-order valence-electron chi connectivity index (χ2n) is 7.40. The van der Waals surface area contributed by atoms with Crippen molar-refractivity contribution in [2.45, 2.75) is 45.1 Å². The van der Waals surface area contributed by atoms with Crippen LogP contribution in [0, 0.1) is 11.8 Å². The van der Waals surface area contributed by atoms with Gasteiger partial charge in [0.05, 0.1) is 31.1 Å². The van der Waals surface area contributed by atoms with Gasteiger partial charge in [0, 0.05) is 6.54 Å². The summed E-state index contributed by atoms with van der Waals surface area (Å²) in [4.78, 5) is 50.5. The van der Waals surface area contributed by atoms with Gasteiger partial charge in [0.2, 0.25) is 11.8 Å². The van der Waals surface area contributed by atoms with Crippen LogP contribution in [0.15, 0.2) is 24.3 Å². The van der Waals surface area contributed by atoms with E-state index in [4.69, 9.17) is 9.47 Å². The highest BCUT2D eigenvalue weighted by atomic mass is 16.5. The van der Waals surface area contributed by atoms with Crippen LogP contribution in [-0.4, -0.2) is 48.3 Å². The van der Waals surface area contributed by atoms with Crippen molar-refractivity contribution in [3.05, 3.63) is 24.3 Å². The van der Waals surface area contributed by atoms with Crippen LogP contribution in [0.25, 0.3) is 0 Å². The predicted molar refractivity (Wildman–Crippen MR) is 104 cm³/mol. The van der Waals surface area contributed by atoms with Crippen LogP contribution < -0.4 is 10.1 Å². The third kappa shape index (κ3) is 4.58. The highest BCUT2D eigenvalue weighted by Gasteiger charge is 2.47. The minimum Gasteiger partial charge on any atom is -0.495 e. The molecular formula is C21H26N2O6. The first-order valence-electron chi connectivity index (χ1n) is 9.91. The van der Waals surface area contributed by atoms with Crippen LogP contribution in [-0.2, 0) is 23.9 Å². The van der Waals surface area contributed by atoms with Crippen molar-refractivity contribution in [3.63, 3.8) is 0 Å². The number of rotatable bonds is 7. The summed E-state index contributed by atoms with van der Waals surface area (Å²) < 4.78 is 10.3. The molecule has 0 spiro atoms. The van der Waals surface area contributed by atoms with E-state index in [1.807, 2.05) is 0 Å². The molecule has 8 nitrogen and oxygen atoms in total. The number of fused-ring (bicyclic) bond motifs is 1. The number of methoxy groups -OCH3 is 1. The van der Waals surface area contributed by atoms with Gasteiger partial charge in [-0.15, -0.1) is 0 Å². The maximum atomic E-state index is 12.4. The summed E-state index contributed by atoms with van der Waals surface area (Å²) in [6, 6.07) is 6.90. The molecule has 1 aliphatic heterocycles. The first-order chi connectivity index (χ1) is 13.9. The van der Waals surface area contributed by atoms with Gasteiger partial charge in [0.1, 0.15) is 5.75 Å². The molecule has 3 rings (SSSR count). The molecule has 1 saturated carbocycles. The molecule has 0 radical (unpaired) electrons. The van der Waals surface area contributed by atoms with Crippen molar-refractivity contribution in [1.82, 2.24) is 4.90 Å². The zero-order chi connectivity index (χ0) is 21.0. The highest BCUT2D eigenvalue weighted by molar-refractivity contribution is 6.05. The summed E-state index contributed by atoms with van der Waals surface area (Å²) >= 11 is 0. The fourth-order valence-corrected chi connectivity index (χ4v) is 3.95. The topological polar surface area (TPSA) is 102 Å². The number of nitrogens with zero attached hydrogens (tertiary/aromatic N) is 1. The van der Waals surface area contributed by atoms with Crippen LogP contribution >= 0.6 is 0 Å². The van der Waals surface area contributed by atoms with Crippen molar-refractivity contribution >= 4 is 29.4 Å². The first kappa shape index (κ1) is 20.8. The number of ether oxygens (including phenoxy) is 2. The molecule has 1 saturated heterocycles. The number of carbonyl (C=O) groups excluding carboxylic acids is 4. The highest BCUT2D eigenvalue weighted by Crippen LogP contribution is 2.38. The second-order valence-corrected chi connectivity index (χ2v) is 7.40. The number of para-hydroxylation sites is 2. The van der Waals surface area contributed by atoms with Gasteiger partial charge in [0.15, 0.2) is 6.10 Å². The Morgan fingerprint density at radius 2 is 1.76 bits per heavy atom.